The molecule has 0 spiro atoms. The Kier molecular flexibility index (Phi) is 8.85. The minimum absolute atomic E-state index is 0.0295. The van der Waals surface area contributed by atoms with Gasteiger partial charge in [-0.3, -0.25) is 14.4 Å². The van der Waals surface area contributed by atoms with E-state index < -0.39 is 0 Å². The molecule has 44 heavy (non-hydrogen) atoms. The van der Waals surface area contributed by atoms with E-state index in [4.69, 9.17) is 4.74 Å². The number of morpholine rings is 1. The van der Waals surface area contributed by atoms with Crippen LogP contribution in [0.2, 0.25) is 0 Å². The Morgan fingerprint density at radius 2 is 0.932 bits per heavy atom. The number of ether oxygens (including phenoxy) is 1. The number of carbonyl (C=O) groups excluding carboxylic acids is 3. The summed E-state index contributed by atoms with van der Waals surface area (Å²) in [6.45, 7) is 3.15. The van der Waals surface area contributed by atoms with Crippen molar-refractivity contribution in [1.29, 1.82) is 0 Å². The summed E-state index contributed by atoms with van der Waals surface area (Å²) in [4.78, 5) is 41.2. The standard InChI is InChI=1S/C39H33NO4/c41-37(32-16-14-31(15-17-32)30-4-2-1-3-5-30)26-28-6-10-34(11-7-28)39(43)35-12-8-29(9-13-35)27-38(42)33-18-20-36(21-19-33)40-22-24-44-25-23-40/h1-21H,22-27H2. The second kappa shape index (κ2) is 13.4. The fraction of sp³-hybridized carbons (Fsp3) is 0.154. The molecule has 1 aliphatic rings. The zero-order valence-electron chi connectivity index (χ0n) is 24.4. The molecule has 5 aromatic rings. The van der Waals surface area contributed by atoms with Crippen LogP contribution in [0.4, 0.5) is 5.69 Å². The predicted octanol–water partition coefficient (Wildman–Crippen LogP) is 7.27. The van der Waals surface area contributed by atoms with Crippen molar-refractivity contribution < 1.29 is 19.1 Å². The largest absolute Gasteiger partial charge is 0.378 e. The molecular formula is C39H33NO4. The average molecular weight is 580 g/mol. The van der Waals surface area contributed by atoms with Gasteiger partial charge < -0.3 is 9.64 Å². The van der Waals surface area contributed by atoms with Crippen molar-refractivity contribution in [2.24, 2.45) is 0 Å². The van der Waals surface area contributed by atoms with Gasteiger partial charge in [-0.15, -0.1) is 0 Å². The zero-order chi connectivity index (χ0) is 30.3. The lowest BCUT2D eigenvalue weighted by Gasteiger charge is -2.28. The van der Waals surface area contributed by atoms with E-state index in [2.05, 4.69) is 4.90 Å². The number of hydrogen-bond donors (Lipinski definition) is 0. The Hall–Kier alpha value is -5.13. The van der Waals surface area contributed by atoms with Gasteiger partial charge in [-0.05, 0) is 46.5 Å². The first-order valence-corrected chi connectivity index (χ1v) is 14.9. The molecule has 1 heterocycles. The first-order chi connectivity index (χ1) is 21.5. The maximum atomic E-state index is 13.1. The Balaban J connectivity index is 1.03. The van der Waals surface area contributed by atoms with Crippen LogP contribution in [0, 0.1) is 0 Å². The highest BCUT2D eigenvalue weighted by molar-refractivity contribution is 6.09. The average Bonchev–Trinajstić information content (AvgIpc) is 3.09. The van der Waals surface area contributed by atoms with Gasteiger partial charge in [0.1, 0.15) is 0 Å². The highest BCUT2D eigenvalue weighted by Gasteiger charge is 2.15. The molecule has 0 aromatic heterocycles. The Morgan fingerprint density at radius 1 is 0.500 bits per heavy atom. The Labute approximate surface area is 257 Å². The second-order valence-corrected chi connectivity index (χ2v) is 11.0. The van der Waals surface area contributed by atoms with Crippen molar-refractivity contribution in [2.75, 3.05) is 31.2 Å². The van der Waals surface area contributed by atoms with Crippen LogP contribution in [-0.4, -0.2) is 43.7 Å². The fourth-order valence-corrected chi connectivity index (χ4v) is 5.45. The van der Waals surface area contributed by atoms with E-state index in [1.54, 1.807) is 24.3 Å². The van der Waals surface area contributed by atoms with Crippen LogP contribution in [0.15, 0.2) is 127 Å². The van der Waals surface area contributed by atoms with Crippen LogP contribution in [0.5, 0.6) is 0 Å². The number of anilines is 1. The van der Waals surface area contributed by atoms with Gasteiger partial charge in [0.2, 0.25) is 0 Å². The minimum Gasteiger partial charge on any atom is -0.378 e. The lowest BCUT2D eigenvalue weighted by atomic mass is 9.96. The maximum absolute atomic E-state index is 13.1. The molecule has 5 aromatic carbocycles. The van der Waals surface area contributed by atoms with Crippen LogP contribution < -0.4 is 4.90 Å². The highest BCUT2D eigenvalue weighted by Crippen LogP contribution is 2.21. The molecule has 218 valence electrons. The molecule has 0 saturated carbocycles. The highest BCUT2D eigenvalue weighted by atomic mass is 16.5. The smallest absolute Gasteiger partial charge is 0.193 e. The number of benzene rings is 5. The third-order valence-corrected chi connectivity index (χ3v) is 8.04. The molecule has 0 atom stereocenters. The molecule has 0 amide bonds. The first-order valence-electron chi connectivity index (χ1n) is 14.9. The van der Waals surface area contributed by atoms with Gasteiger partial charge >= 0.3 is 0 Å². The zero-order valence-corrected chi connectivity index (χ0v) is 24.4. The summed E-state index contributed by atoms with van der Waals surface area (Å²) in [6, 6.07) is 39.9. The summed E-state index contributed by atoms with van der Waals surface area (Å²) in [5, 5.41) is 0. The summed E-state index contributed by atoms with van der Waals surface area (Å²) in [5.74, 6) is -0.0345. The van der Waals surface area contributed by atoms with Crippen molar-refractivity contribution >= 4 is 23.0 Å². The molecule has 5 nitrogen and oxygen atoms in total. The molecule has 1 fully saturated rings. The SMILES string of the molecule is O=C(Cc1ccc(C(=O)c2ccc(CC(=O)c3ccc(N4CCOCC4)cc3)cc2)cc1)c1ccc(-c2ccccc2)cc1. The number of Topliss-reactive ketones (excluding diaryl/α,β-unsaturated/α-hetero) is 2. The van der Waals surface area contributed by atoms with Crippen molar-refractivity contribution in [3.05, 3.63) is 161 Å². The number of ketones is 3. The first kappa shape index (κ1) is 29.0. The van der Waals surface area contributed by atoms with Gasteiger partial charge in [-0.25, -0.2) is 0 Å². The summed E-state index contributed by atoms with van der Waals surface area (Å²) < 4.78 is 5.41. The Bertz CT molecular complexity index is 1740. The second-order valence-electron chi connectivity index (χ2n) is 11.0. The summed E-state index contributed by atoms with van der Waals surface area (Å²) >= 11 is 0. The molecule has 0 bridgehead atoms. The molecule has 1 saturated heterocycles. The van der Waals surface area contributed by atoms with Gasteiger partial charge in [-0.2, -0.15) is 0 Å². The van der Waals surface area contributed by atoms with Gasteiger partial charge in [-0.1, -0.05) is 103 Å². The lowest BCUT2D eigenvalue weighted by molar-refractivity contribution is 0.0984. The van der Waals surface area contributed by atoms with Crippen LogP contribution in [0.25, 0.3) is 11.1 Å². The van der Waals surface area contributed by atoms with Crippen LogP contribution in [0.1, 0.15) is 47.8 Å². The fourth-order valence-electron chi connectivity index (χ4n) is 5.45. The van der Waals surface area contributed by atoms with Crippen molar-refractivity contribution in [3.63, 3.8) is 0 Å². The van der Waals surface area contributed by atoms with Crippen molar-refractivity contribution in [2.45, 2.75) is 12.8 Å². The van der Waals surface area contributed by atoms with E-state index in [0.29, 0.717) is 22.3 Å². The maximum Gasteiger partial charge on any atom is 0.193 e. The van der Waals surface area contributed by atoms with E-state index in [1.165, 1.54) is 0 Å². The summed E-state index contributed by atoms with van der Waals surface area (Å²) in [7, 11) is 0. The Morgan fingerprint density at radius 3 is 1.43 bits per heavy atom. The topological polar surface area (TPSA) is 63.7 Å². The van der Waals surface area contributed by atoms with Gasteiger partial charge in [0.05, 0.1) is 13.2 Å². The van der Waals surface area contributed by atoms with Gasteiger partial charge in [0, 0.05) is 53.9 Å². The van der Waals surface area contributed by atoms with E-state index in [9.17, 15) is 14.4 Å². The lowest BCUT2D eigenvalue weighted by Crippen LogP contribution is -2.36. The molecule has 6 rings (SSSR count). The normalized spacial score (nSPS) is 13.0. The van der Waals surface area contributed by atoms with E-state index >= 15 is 0 Å². The van der Waals surface area contributed by atoms with Crippen LogP contribution >= 0.6 is 0 Å². The summed E-state index contributed by atoms with van der Waals surface area (Å²) in [5.41, 5.74) is 7.43. The number of nitrogens with zero attached hydrogens (tertiary/aromatic N) is 1. The molecule has 1 aliphatic heterocycles. The van der Waals surface area contributed by atoms with Gasteiger partial charge in [0.25, 0.3) is 0 Å². The number of rotatable bonds is 10. The molecular weight excluding hydrogens is 546 g/mol. The quantitative estimate of drug-likeness (QED) is 0.163. The summed E-state index contributed by atoms with van der Waals surface area (Å²) in [6.07, 6.45) is 0.529. The monoisotopic (exact) mass is 579 g/mol. The number of carbonyl (C=O) groups is 3. The molecule has 0 unspecified atom stereocenters. The van der Waals surface area contributed by atoms with E-state index in [1.807, 2.05) is 103 Å². The van der Waals surface area contributed by atoms with Crippen molar-refractivity contribution in [3.8, 4) is 11.1 Å². The van der Waals surface area contributed by atoms with Crippen molar-refractivity contribution in [1.82, 2.24) is 0 Å². The van der Waals surface area contributed by atoms with Gasteiger partial charge in [0.15, 0.2) is 17.3 Å². The van der Waals surface area contributed by atoms with Crippen LogP contribution in [-0.2, 0) is 17.6 Å². The predicted molar refractivity (Wildman–Crippen MR) is 174 cm³/mol. The number of hydrogen-bond acceptors (Lipinski definition) is 5. The van der Waals surface area contributed by atoms with Crippen LogP contribution in [0.3, 0.4) is 0 Å². The van der Waals surface area contributed by atoms with E-state index in [-0.39, 0.29) is 30.2 Å². The third kappa shape index (κ3) is 6.91. The van der Waals surface area contributed by atoms with E-state index in [0.717, 1.165) is 54.2 Å². The minimum atomic E-state index is -0.101. The molecule has 0 aliphatic carbocycles. The third-order valence-electron chi connectivity index (χ3n) is 8.04. The molecule has 5 heteroatoms. The molecule has 0 N–H and O–H groups in total. The molecule has 0 radical (unpaired) electrons.